The lowest BCUT2D eigenvalue weighted by molar-refractivity contribution is 0.0713. The fourth-order valence-corrected chi connectivity index (χ4v) is 2.84. The van der Waals surface area contributed by atoms with Gasteiger partial charge in [0.1, 0.15) is 0 Å². The van der Waals surface area contributed by atoms with Crippen molar-refractivity contribution in [2.75, 3.05) is 11.9 Å². The highest BCUT2D eigenvalue weighted by atomic mass is 16.5. The van der Waals surface area contributed by atoms with Crippen LogP contribution in [0.25, 0.3) is 0 Å². The third-order valence-corrected chi connectivity index (χ3v) is 4.11. The molecule has 1 aliphatic rings. The number of hydrogen-bond donors (Lipinski definition) is 2. The van der Waals surface area contributed by atoms with E-state index >= 15 is 0 Å². The molecule has 0 spiro atoms. The molecule has 3 rings (SSSR count). The Hall–Kier alpha value is -2.33. The number of carbonyl (C=O) groups excluding carboxylic acids is 1. The van der Waals surface area contributed by atoms with Crippen molar-refractivity contribution in [2.45, 2.75) is 31.9 Å². The van der Waals surface area contributed by atoms with Gasteiger partial charge in [-0.1, -0.05) is 30.3 Å². The average molecular weight is 310 g/mol. The standard InChI is InChI=1S/C19H22N2O2/c1-14(18-12-7-13-23-18)20-19(22)16-10-5-6-11-17(16)21-15-8-3-2-4-9-15/h2-6,8-11,14,18,21H,7,12-13H2,1H3,(H,20,22)/t14-,18-/m0/s1. The van der Waals surface area contributed by atoms with Crippen LogP contribution in [-0.4, -0.2) is 24.7 Å². The molecule has 4 heteroatoms. The molecular weight excluding hydrogens is 288 g/mol. The van der Waals surface area contributed by atoms with Crippen LogP contribution >= 0.6 is 0 Å². The van der Waals surface area contributed by atoms with E-state index in [0.717, 1.165) is 30.8 Å². The third kappa shape index (κ3) is 3.90. The monoisotopic (exact) mass is 310 g/mol. The van der Waals surface area contributed by atoms with Crippen molar-refractivity contribution in [3.63, 3.8) is 0 Å². The third-order valence-electron chi connectivity index (χ3n) is 4.11. The summed E-state index contributed by atoms with van der Waals surface area (Å²) in [5.41, 5.74) is 2.40. The number of hydrogen-bond acceptors (Lipinski definition) is 3. The molecule has 1 aliphatic heterocycles. The Morgan fingerprint density at radius 3 is 2.61 bits per heavy atom. The number of carbonyl (C=O) groups is 1. The van der Waals surface area contributed by atoms with E-state index in [2.05, 4.69) is 10.6 Å². The Morgan fingerprint density at radius 2 is 1.87 bits per heavy atom. The number of para-hydroxylation sites is 2. The first-order valence-electron chi connectivity index (χ1n) is 8.07. The molecule has 0 radical (unpaired) electrons. The second-order valence-electron chi connectivity index (χ2n) is 5.85. The van der Waals surface area contributed by atoms with E-state index in [-0.39, 0.29) is 18.1 Å². The van der Waals surface area contributed by atoms with Gasteiger partial charge in [0.05, 0.1) is 23.4 Å². The van der Waals surface area contributed by atoms with Gasteiger partial charge in [0, 0.05) is 12.3 Å². The van der Waals surface area contributed by atoms with Crippen LogP contribution in [0.1, 0.15) is 30.1 Å². The van der Waals surface area contributed by atoms with Crippen LogP contribution in [0.3, 0.4) is 0 Å². The van der Waals surface area contributed by atoms with Gasteiger partial charge < -0.3 is 15.4 Å². The quantitative estimate of drug-likeness (QED) is 0.885. The van der Waals surface area contributed by atoms with Crippen LogP contribution in [-0.2, 0) is 4.74 Å². The van der Waals surface area contributed by atoms with Gasteiger partial charge in [0.25, 0.3) is 5.91 Å². The summed E-state index contributed by atoms with van der Waals surface area (Å²) in [5.74, 6) is -0.0768. The Bertz CT molecular complexity index is 651. The molecule has 0 bridgehead atoms. The number of ether oxygens (including phenoxy) is 1. The minimum absolute atomic E-state index is 0.00906. The summed E-state index contributed by atoms with van der Waals surface area (Å²) < 4.78 is 5.65. The zero-order chi connectivity index (χ0) is 16.1. The molecular formula is C19H22N2O2. The summed E-state index contributed by atoms with van der Waals surface area (Å²) in [6.45, 7) is 2.79. The summed E-state index contributed by atoms with van der Waals surface area (Å²) in [7, 11) is 0. The number of benzene rings is 2. The lowest BCUT2D eigenvalue weighted by Crippen LogP contribution is -2.41. The molecule has 1 saturated heterocycles. The van der Waals surface area contributed by atoms with Crippen LogP contribution < -0.4 is 10.6 Å². The van der Waals surface area contributed by atoms with Crippen molar-refractivity contribution in [2.24, 2.45) is 0 Å². The summed E-state index contributed by atoms with van der Waals surface area (Å²) in [5, 5.41) is 6.36. The van der Waals surface area contributed by atoms with Gasteiger partial charge in [-0.2, -0.15) is 0 Å². The van der Waals surface area contributed by atoms with E-state index in [0.29, 0.717) is 5.56 Å². The van der Waals surface area contributed by atoms with E-state index in [9.17, 15) is 4.79 Å². The molecule has 120 valence electrons. The fraction of sp³-hybridized carbons (Fsp3) is 0.316. The first-order valence-corrected chi connectivity index (χ1v) is 8.07. The predicted octanol–water partition coefficient (Wildman–Crippen LogP) is 3.73. The van der Waals surface area contributed by atoms with Gasteiger partial charge in [-0.25, -0.2) is 0 Å². The fourth-order valence-electron chi connectivity index (χ4n) is 2.84. The Balaban J connectivity index is 1.72. The Kier molecular flexibility index (Phi) is 4.93. The van der Waals surface area contributed by atoms with E-state index in [4.69, 9.17) is 4.74 Å². The maximum absolute atomic E-state index is 12.6. The van der Waals surface area contributed by atoms with Crippen molar-refractivity contribution in [3.8, 4) is 0 Å². The van der Waals surface area contributed by atoms with Gasteiger partial charge in [0.15, 0.2) is 0 Å². The second-order valence-corrected chi connectivity index (χ2v) is 5.85. The normalized spacial score (nSPS) is 18.4. The number of anilines is 2. The van der Waals surface area contributed by atoms with Crippen LogP contribution in [0, 0.1) is 0 Å². The lowest BCUT2D eigenvalue weighted by atomic mass is 10.1. The van der Waals surface area contributed by atoms with Crippen molar-refractivity contribution < 1.29 is 9.53 Å². The predicted molar refractivity (Wildman–Crippen MR) is 92.1 cm³/mol. The molecule has 1 heterocycles. The van der Waals surface area contributed by atoms with E-state index in [1.807, 2.05) is 61.5 Å². The van der Waals surface area contributed by atoms with E-state index in [1.54, 1.807) is 0 Å². The molecule has 0 unspecified atom stereocenters. The maximum atomic E-state index is 12.6. The molecule has 2 N–H and O–H groups in total. The molecule has 1 fully saturated rings. The maximum Gasteiger partial charge on any atom is 0.253 e. The summed E-state index contributed by atoms with van der Waals surface area (Å²) in [6, 6.07) is 17.4. The van der Waals surface area contributed by atoms with Crippen molar-refractivity contribution >= 4 is 17.3 Å². The molecule has 0 saturated carbocycles. The molecule has 2 aromatic rings. The first kappa shape index (κ1) is 15.6. The van der Waals surface area contributed by atoms with Crippen molar-refractivity contribution in [1.29, 1.82) is 0 Å². The van der Waals surface area contributed by atoms with Crippen molar-refractivity contribution in [1.82, 2.24) is 5.32 Å². The largest absolute Gasteiger partial charge is 0.376 e. The van der Waals surface area contributed by atoms with E-state index in [1.165, 1.54) is 0 Å². The summed E-state index contributed by atoms with van der Waals surface area (Å²) >= 11 is 0. The molecule has 1 amide bonds. The number of amides is 1. The van der Waals surface area contributed by atoms with Crippen LogP contribution in [0.4, 0.5) is 11.4 Å². The summed E-state index contributed by atoms with van der Waals surface area (Å²) in [4.78, 5) is 12.6. The van der Waals surface area contributed by atoms with Gasteiger partial charge in [-0.3, -0.25) is 4.79 Å². The molecule has 2 aromatic carbocycles. The summed E-state index contributed by atoms with van der Waals surface area (Å²) in [6.07, 6.45) is 2.19. The molecule has 0 aromatic heterocycles. The highest BCUT2D eigenvalue weighted by Crippen LogP contribution is 2.21. The van der Waals surface area contributed by atoms with E-state index < -0.39 is 0 Å². The van der Waals surface area contributed by atoms with Crippen LogP contribution in [0.2, 0.25) is 0 Å². The minimum atomic E-state index is -0.0768. The van der Waals surface area contributed by atoms with Crippen LogP contribution in [0.15, 0.2) is 54.6 Å². The lowest BCUT2D eigenvalue weighted by Gasteiger charge is -2.21. The van der Waals surface area contributed by atoms with Gasteiger partial charge in [0.2, 0.25) is 0 Å². The average Bonchev–Trinajstić information content (AvgIpc) is 3.11. The highest BCUT2D eigenvalue weighted by Gasteiger charge is 2.24. The molecule has 23 heavy (non-hydrogen) atoms. The van der Waals surface area contributed by atoms with Gasteiger partial charge in [-0.05, 0) is 44.0 Å². The van der Waals surface area contributed by atoms with Gasteiger partial charge in [-0.15, -0.1) is 0 Å². The number of nitrogens with one attached hydrogen (secondary N) is 2. The molecule has 4 nitrogen and oxygen atoms in total. The van der Waals surface area contributed by atoms with Crippen molar-refractivity contribution in [3.05, 3.63) is 60.2 Å². The SMILES string of the molecule is C[C@H](NC(=O)c1ccccc1Nc1ccccc1)[C@@H]1CCCO1. The van der Waals surface area contributed by atoms with Gasteiger partial charge >= 0.3 is 0 Å². The Morgan fingerprint density at radius 1 is 1.13 bits per heavy atom. The first-order chi connectivity index (χ1) is 11.2. The highest BCUT2D eigenvalue weighted by molar-refractivity contribution is 6.00. The molecule has 2 atom stereocenters. The smallest absolute Gasteiger partial charge is 0.253 e. The minimum Gasteiger partial charge on any atom is -0.376 e. The van der Waals surface area contributed by atoms with Crippen LogP contribution in [0.5, 0.6) is 0 Å². The Labute approximate surface area is 136 Å². The number of rotatable bonds is 5. The second kappa shape index (κ2) is 7.29. The zero-order valence-corrected chi connectivity index (χ0v) is 13.3. The zero-order valence-electron chi connectivity index (χ0n) is 13.3. The topological polar surface area (TPSA) is 50.4 Å². The molecule has 0 aliphatic carbocycles.